The Hall–Kier alpha value is -1.99. The molecule has 0 aromatic heterocycles. The average Bonchev–Trinajstić information content (AvgIpc) is 2.52. The normalized spacial score (nSPS) is 10.3. The highest BCUT2D eigenvalue weighted by molar-refractivity contribution is 6.33. The number of carbonyl (C=O) groups is 2. The number of rotatable bonds is 8. The number of nitrogen functional groups attached to an aromatic ring is 1. The average molecular weight is 344 g/mol. The van der Waals surface area contributed by atoms with E-state index in [1.54, 1.807) is 7.11 Å². The molecule has 1 aromatic carbocycles. The zero-order chi connectivity index (χ0) is 17.4. The highest BCUT2D eigenvalue weighted by atomic mass is 35.5. The van der Waals surface area contributed by atoms with Crippen LogP contribution in [0.5, 0.6) is 5.75 Å². The van der Waals surface area contributed by atoms with Gasteiger partial charge >= 0.3 is 0 Å². The maximum Gasteiger partial charge on any atom is 0.257 e. The van der Waals surface area contributed by atoms with Crippen LogP contribution >= 0.6 is 11.6 Å². The maximum atomic E-state index is 12.4. The van der Waals surface area contributed by atoms with Crippen LogP contribution in [0.3, 0.4) is 0 Å². The predicted octanol–water partition coefficient (Wildman–Crippen LogP) is 1.16. The lowest BCUT2D eigenvalue weighted by Crippen LogP contribution is -2.39. The molecule has 0 saturated heterocycles. The van der Waals surface area contributed by atoms with Gasteiger partial charge in [0.25, 0.3) is 5.91 Å². The molecule has 0 aliphatic rings. The molecule has 3 N–H and O–H groups in total. The molecule has 0 atom stereocenters. The first-order valence-electron chi connectivity index (χ1n) is 7.04. The highest BCUT2D eigenvalue weighted by Gasteiger charge is 2.20. The molecule has 0 spiro atoms. The van der Waals surface area contributed by atoms with E-state index in [9.17, 15) is 9.59 Å². The standard InChI is InChI=1S/C15H22ClN3O4/c1-19(9-14(20)18-5-4-6-22-2)15(21)10-7-11(16)12(17)8-13(10)23-3/h7-8H,4-6,9,17H2,1-3H3,(H,18,20). The summed E-state index contributed by atoms with van der Waals surface area (Å²) in [6, 6.07) is 2.92. The molecule has 128 valence electrons. The number of nitrogens with two attached hydrogens (primary N) is 1. The smallest absolute Gasteiger partial charge is 0.257 e. The Morgan fingerprint density at radius 1 is 1.35 bits per heavy atom. The third kappa shape index (κ3) is 5.61. The highest BCUT2D eigenvalue weighted by Crippen LogP contribution is 2.29. The van der Waals surface area contributed by atoms with E-state index in [0.717, 1.165) is 0 Å². The summed E-state index contributed by atoms with van der Waals surface area (Å²) in [6.07, 6.45) is 0.710. The summed E-state index contributed by atoms with van der Waals surface area (Å²) in [4.78, 5) is 25.5. The van der Waals surface area contributed by atoms with Gasteiger partial charge in [-0.2, -0.15) is 0 Å². The first-order valence-corrected chi connectivity index (χ1v) is 7.42. The van der Waals surface area contributed by atoms with Crippen LogP contribution in [0.4, 0.5) is 5.69 Å². The number of amides is 2. The molecule has 0 radical (unpaired) electrons. The van der Waals surface area contributed by atoms with Crippen molar-refractivity contribution in [2.75, 3.05) is 46.7 Å². The minimum absolute atomic E-state index is 0.0725. The van der Waals surface area contributed by atoms with Crippen molar-refractivity contribution in [1.29, 1.82) is 0 Å². The molecule has 7 nitrogen and oxygen atoms in total. The second-order valence-electron chi connectivity index (χ2n) is 4.93. The third-order valence-corrected chi connectivity index (χ3v) is 3.45. The van der Waals surface area contributed by atoms with E-state index in [4.69, 9.17) is 26.8 Å². The molecule has 8 heteroatoms. The van der Waals surface area contributed by atoms with Crippen molar-refractivity contribution in [1.82, 2.24) is 10.2 Å². The van der Waals surface area contributed by atoms with Gasteiger partial charge in [0.15, 0.2) is 0 Å². The van der Waals surface area contributed by atoms with E-state index in [-0.39, 0.29) is 28.9 Å². The number of anilines is 1. The molecular weight excluding hydrogens is 322 g/mol. The number of likely N-dealkylation sites (N-methyl/N-ethyl adjacent to an activating group) is 1. The van der Waals surface area contributed by atoms with Gasteiger partial charge in [0.2, 0.25) is 5.91 Å². The molecule has 2 amide bonds. The first-order chi connectivity index (χ1) is 10.9. The summed E-state index contributed by atoms with van der Waals surface area (Å²) in [7, 11) is 4.56. The van der Waals surface area contributed by atoms with E-state index in [1.807, 2.05) is 0 Å². The molecule has 1 aromatic rings. The van der Waals surface area contributed by atoms with Crippen LogP contribution in [0.15, 0.2) is 12.1 Å². The monoisotopic (exact) mass is 343 g/mol. The summed E-state index contributed by atoms with van der Waals surface area (Å²) in [5.41, 5.74) is 6.26. The van der Waals surface area contributed by atoms with Crippen LogP contribution in [0.1, 0.15) is 16.8 Å². The number of ether oxygens (including phenoxy) is 2. The number of hydrogen-bond donors (Lipinski definition) is 2. The number of benzene rings is 1. The Morgan fingerprint density at radius 3 is 2.65 bits per heavy atom. The molecule has 0 saturated carbocycles. The van der Waals surface area contributed by atoms with Crippen LogP contribution in [-0.4, -0.2) is 57.7 Å². The zero-order valence-corrected chi connectivity index (χ0v) is 14.3. The quantitative estimate of drug-likeness (QED) is 0.545. The Morgan fingerprint density at radius 2 is 2.04 bits per heavy atom. The van der Waals surface area contributed by atoms with Gasteiger partial charge in [0.1, 0.15) is 5.75 Å². The van der Waals surface area contributed by atoms with E-state index >= 15 is 0 Å². The van der Waals surface area contributed by atoms with Crippen LogP contribution in [0.25, 0.3) is 0 Å². The number of halogens is 1. The fourth-order valence-electron chi connectivity index (χ4n) is 1.90. The summed E-state index contributed by atoms with van der Waals surface area (Å²) in [5, 5.41) is 2.97. The molecule has 0 aliphatic heterocycles. The van der Waals surface area contributed by atoms with Gasteiger partial charge in [0.05, 0.1) is 29.9 Å². The minimum Gasteiger partial charge on any atom is -0.496 e. The summed E-state index contributed by atoms with van der Waals surface area (Å²) in [5.74, 6) is -0.322. The van der Waals surface area contributed by atoms with E-state index in [0.29, 0.717) is 31.0 Å². The van der Waals surface area contributed by atoms with Crippen molar-refractivity contribution in [2.24, 2.45) is 0 Å². The first kappa shape index (κ1) is 19.1. The lowest BCUT2D eigenvalue weighted by Gasteiger charge is -2.19. The fourth-order valence-corrected chi connectivity index (χ4v) is 2.06. The maximum absolute atomic E-state index is 12.4. The number of nitrogens with one attached hydrogen (secondary N) is 1. The van der Waals surface area contributed by atoms with Crippen molar-refractivity contribution in [3.8, 4) is 5.75 Å². The molecular formula is C15H22ClN3O4. The molecule has 1 rings (SSSR count). The molecule has 0 aliphatic carbocycles. The second-order valence-corrected chi connectivity index (χ2v) is 5.34. The van der Waals surface area contributed by atoms with E-state index in [1.165, 1.54) is 31.2 Å². The second kappa shape index (κ2) is 9.22. The van der Waals surface area contributed by atoms with Crippen molar-refractivity contribution in [3.05, 3.63) is 22.7 Å². The fraction of sp³-hybridized carbons (Fsp3) is 0.467. The Kier molecular flexibility index (Phi) is 7.64. The third-order valence-electron chi connectivity index (χ3n) is 3.12. The van der Waals surface area contributed by atoms with Crippen molar-refractivity contribution in [2.45, 2.75) is 6.42 Å². The number of carbonyl (C=O) groups excluding carboxylic acids is 2. The van der Waals surface area contributed by atoms with Crippen molar-refractivity contribution in [3.63, 3.8) is 0 Å². The molecule has 0 unspecified atom stereocenters. The van der Waals surface area contributed by atoms with E-state index in [2.05, 4.69) is 5.32 Å². The van der Waals surface area contributed by atoms with Gasteiger partial charge in [-0.3, -0.25) is 9.59 Å². The summed E-state index contributed by atoms with van der Waals surface area (Å²) >= 11 is 5.95. The molecule has 0 bridgehead atoms. The van der Waals surface area contributed by atoms with Gasteiger partial charge in [-0.1, -0.05) is 11.6 Å². The lowest BCUT2D eigenvalue weighted by atomic mass is 10.1. The van der Waals surface area contributed by atoms with Gasteiger partial charge < -0.3 is 25.4 Å². The zero-order valence-electron chi connectivity index (χ0n) is 13.5. The van der Waals surface area contributed by atoms with Crippen LogP contribution in [0, 0.1) is 0 Å². The van der Waals surface area contributed by atoms with Crippen LogP contribution < -0.4 is 15.8 Å². The number of methoxy groups -OCH3 is 2. The Balaban J connectivity index is 2.70. The number of nitrogens with zero attached hydrogens (tertiary/aromatic N) is 1. The van der Waals surface area contributed by atoms with Crippen molar-refractivity contribution >= 4 is 29.1 Å². The minimum atomic E-state index is -0.379. The van der Waals surface area contributed by atoms with Gasteiger partial charge in [-0.25, -0.2) is 0 Å². The van der Waals surface area contributed by atoms with E-state index < -0.39 is 0 Å². The predicted molar refractivity (Wildman–Crippen MR) is 88.9 cm³/mol. The molecule has 0 fully saturated rings. The largest absolute Gasteiger partial charge is 0.496 e. The van der Waals surface area contributed by atoms with Gasteiger partial charge in [-0.05, 0) is 12.5 Å². The van der Waals surface area contributed by atoms with Gasteiger partial charge in [-0.15, -0.1) is 0 Å². The van der Waals surface area contributed by atoms with Crippen LogP contribution in [-0.2, 0) is 9.53 Å². The van der Waals surface area contributed by atoms with Crippen LogP contribution in [0.2, 0.25) is 5.02 Å². The Bertz CT molecular complexity index is 566. The summed E-state index contributed by atoms with van der Waals surface area (Å²) < 4.78 is 10.0. The molecule has 0 heterocycles. The Labute approximate surface area is 140 Å². The molecule has 23 heavy (non-hydrogen) atoms. The SMILES string of the molecule is COCCCNC(=O)CN(C)C(=O)c1cc(Cl)c(N)cc1OC. The van der Waals surface area contributed by atoms with Crippen molar-refractivity contribution < 1.29 is 19.1 Å². The number of hydrogen-bond acceptors (Lipinski definition) is 5. The lowest BCUT2D eigenvalue weighted by molar-refractivity contribution is -0.121. The summed E-state index contributed by atoms with van der Waals surface area (Å²) in [6.45, 7) is 0.985. The van der Waals surface area contributed by atoms with Gasteiger partial charge in [0, 0.05) is 33.4 Å². The topological polar surface area (TPSA) is 93.9 Å².